The first-order valence-corrected chi connectivity index (χ1v) is 5.94. The van der Waals surface area contributed by atoms with E-state index >= 15 is 0 Å². The van der Waals surface area contributed by atoms with Crippen molar-refractivity contribution < 1.29 is 0 Å². The summed E-state index contributed by atoms with van der Waals surface area (Å²) in [6.45, 7) is 0.924. The molecule has 0 bridgehead atoms. The summed E-state index contributed by atoms with van der Waals surface area (Å²) in [5, 5.41) is 3.21. The highest BCUT2D eigenvalue weighted by Gasteiger charge is 1.96. The van der Waals surface area contributed by atoms with E-state index in [1.165, 1.54) is 0 Å². The summed E-state index contributed by atoms with van der Waals surface area (Å²) >= 11 is 2.32. The molecule has 2 aromatic rings. The second-order valence-corrected chi connectivity index (χ2v) is 3.94. The Morgan fingerprint density at radius 1 is 1.21 bits per heavy atom. The maximum absolute atomic E-state index is 4.44. The molecule has 0 saturated carbocycles. The van der Waals surface area contributed by atoms with E-state index in [9.17, 15) is 0 Å². The molecule has 0 aliphatic carbocycles. The van der Waals surface area contributed by atoms with Crippen LogP contribution in [0.15, 0.2) is 30.5 Å². The maximum atomic E-state index is 4.44. The average Bonchev–Trinajstić information content (AvgIpc) is 2.26. The summed E-state index contributed by atoms with van der Waals surface area (Å²) < 4.78 is 1.06. The van der Waals surface area contributed by atoms with Crippen LogP contribution in [0.5, 0.6) is 0 Å². The molecule has 1 aromatic heterocycles. The minimum Gasteiger partial charge on any atom is -0.368 e. The zero-order valence-electron chi connectivity index (χ0n) is 7.57. The predicted octanol–water partition coefficient (Wildman–Crippen LogP) is 2.48. The van der Waals surface area contributed by atoms with Crippen molar-refractivity contribution in [3.8, 4) is 0 Å². The van der Waals surface area contributed by atoms with E-state index in [2.05, 4.69) is 37.9 Å². The lowest BCUT2D eigenvalue weighted by molar-refractivity contribution is 1.18. The monoisotopic (exact) mass is 299 g/mol. The van der Waals surface area contributed by atoms with Crippen LogP contribution in [0.3, 0.4) is 0 Å². The van der Waals surface area contributed by atoms with Crippen LogP contribution in [0, 0.1) is 0 Å². The van der Waals surface area contributed by atoms with E-state index in [4.69, 9.17) is 0 Å². The van der Waals surface area contributed by atoms with E-state index in [0.29, 0.717) is 0 Å². The Kier molecular flexibility index (Phi) is 3.13. The van der Waals surface area contributed by atoms with Crippen molar-refractivity contribution >= 4 is 39.4 Å². The smallest absolute Gasteiger partial charge is 0.145 e. The van der Waals surface area contributed by atoms with Gasteiger partial charge in [-0.3, -0.25) is 4.98 Å². The van der Waals surface area contributed by atoms with Crippen LogP contribution < -0.4 is 5.32 Å². The van der Waals surface area contributed by atoms with Crippen LogP contribution in [0.4, 0.5) is 5.82 Å². The molecular formula is C10H10IN3. The molecule has 1 aromatic carbocycles. The number of nitrogens with one attached hydrogen (secondary N) is 1. The molecule has 0 saturated heterocycles. The number of fused-ring (bicyclic) bond motifs is 1. The van der Waals surface area contributed by atoms with Crippen molar-refractivity contribution in [1.29, 1.82) is 0 Å². The topological polar surface area (TPSA) is 37.8 Å². The number of rotatable bonds is 3. The van der Waals surface area contributed by atoms with Gasteiger partial charge < -0.3 is 5.32 Å². The molecule has 14 heavy (non-hydrogen) atoms. The molecule has 0 radical (unpaired) electrons. The van der Waals surface area contributed by atoms with Crippen LogP contribution in [0.1, 0.15) is 0 Å². The summed E-state index contributed by atoms with van der Waals surface area (Å²) in [5.74, 6) is 0.848. The van der Waals surface area contributed by atoms with Gasteiger partial charge in [0.2, 0.25) is 0 Å². The van der Waals surface area contributed by atoms with Gasteiger partial charge in [-0.15, -0.1) is 0 Å². The second-order valence-electron chi connectivity index (χ2n) is 2.86. The van der Waals surface area contributed by atoms with E-state index in [0.717, 1.165) is 27.8 Å². The number of nitrogens with zero attached hydrogens (tertiary/aromatic N) is 2. The van der Waals surface area contributed by atoms with Crippen molar-refractivity contribution in [1.82, 2.24) is 9.97 Å². The Morgan fingerprint density at radius 2 is 2.00 bits per heavy atom. The fourth-order valence-corrected chi connectivity index (χ4v) is 1.49. The SMILES string of the molecule is ICCNc1cnc2ccccc2n1. The van der Waals surface area contributed by atoms with Crippen LogP contribution in [-0.2, 0) is 0 Å². The summed E-state index contributed by atoms with van der Waals surface area (Å²) in [6, 6.07) is 7.87. The van der Waals surface area contributed by atoms with E-state index in [1.54, 1.807) is 6.20 Å². The molecule has 0 unspecified atom stereocenters. The lowest BCUT2D eigenvalue weighted by atomic mass is 10.3. The highest BCUT2D eigenvalue weighted by molar-refractivity contribution is 14.1. The van der Waals surface area contributed by atoms with Crippen molar-refractivity contribution in [3.05, 3.63) is 30.5 Å². The Balaban J connectivity index is 2.32. The minimum atomic E-state index is 0.848. The van der Waals surface area contributed by atoms with Gasteiger partial charge in [-0.2, -0.15) is 0 Å². The lowest BCUT2D eigenvalue weighted by Gasteiger charge is -2.03. The number of benzene rings is 1. The number of alkyl halides is 1. The molecule has 1 N–H and O–H groups in total. The third kappa shape index (κ3) is 2.12. The number of halogens is 1. The molecule has 0 atom stereocenters. The number of hydrogen-bond donors (Lipinski definition) is 1. The number of anilines is 1. The average molecular weight is 299 g/mol. The molecule has 0 spiro atoms. The van der Waals surface area contributed by atoms with Gasteiger partial charge in [0, 0.05) is 11.0 Å². The molecule has 4 heteroatoms. The quantitative estimate of drug-likeness (QED) is 0.699. The summed E-state index contributed by atoms with van der Waals surface area (Å²) in [4.78, 5) is 8.74. The molecular weight excluding hydrogens is 289 g/mol. The lowest BCUT2D eigenvalue weighted by Crippen LogP contribution is -2.04. The third-order valence-electron chi connectivity index (χ3n) is 1.85. The van der Waals surface area contributed by atoms with Crippen molar-refractivity contribution in [2.24, 2.45) is 0 Å². The number of para-hydroxylation sites is 2. The highest BCUT2D eigenvalue weighted by atomic mass is 127. The van der Waals surface area contributed by atoms with E-state index in [-0.39, 0.29) is 0 Å². The minimum absolute atomic E-state index is 0.848. The van der Waals surface area contributed by atoms with Crippen molar-refractivity contribution in [3.63, 3.8) is 0 Å². The van der Waals surface area contributed by atoms with Crippen LogP contribution in [-0.4, -0.2) is 20.9 Å². The Morgan fingerprint density at radius 3 is 2.79 bits per heavy atom. The number of aromatic nitrogens is 2. The molecule has 0 fully saturated rings. The Labute approximate surface area is 96.1 Å². The Bertz CT molecular complexity index is 430. The first-order chi connectivity index (χ1) is 6.90. The van der Waals surface area contributed by atoms with Gasteiger partial charge >= 0.3 is 0 Å². The van der Waals surface area contributed by atoms with Gasteiger partial charge in [-0.1, -0.05) is 34.7 Å². The summed E-state index contributed by atoms with van der Waals surface area (Å²) in [6.07, 6.45) is 1.77. The molecule has 0 aliphatic heterocycles. The fourth-order valence-electron chi connectivity index (χ4n) is 1.22. The third-order valence-corrected chi connectivity index (χ3v) is 2.39. The van der Waals surface area contributed by atoms with E-state index in [1.807, 2.05) is 24.3 Å². The molecule has 0 amide bonds. The van der Waals surface area contributed by atoms with Crippen molar-refractivity contribution in [2.75, 3.05) is 16.3 Å². The first-order valence-electron chi connectivity index (χ1n) is 4.42. The zero-order chi connectivity index (χ0) is 9.80. The normalized spacial score (nSPS) is 10.4. The van der Waals surface area contributed by atoms with Crippen LogP contribution in [0.25, 0.3) is 11.0 Å². The standard InChI is InChI=1S/C10H10IN3/c11-5-6-12-10-7-13-8-3-1-2-4-9(8)14-10/h1-4,7H,5-6H2,(H,12,14). The summed E-state index contributed by atoms with van der Waals surface area (Å²) in [5.41, 5.74) is 1.87. The van der Waals surface area contributed by atoms with Crippen molar-refractivity contribution in [2.45, 2.75) is 0 Å². The molecule has 3 nitrogen and oxygen atoms in total. The highest BCUT2D eigenvalue weighted by Crippen LogP contribution is 2.10. The maximum Gasteiger partial charge on any atom is 0.145 e. The van der Waals surface area contributed by atoms with Gasteiger partial charge in [-0.25, -0.2) is 4.98 Å². The molecule has 72 valence electrons. The fraction of sp³-hybridized carbons (Fsp3) is 0.200. The van der Waals surface area contributed by atoms with Gasteiger partial charge in [0.05, 0.1) is 17.2 Å². The molecule has 0 aliphatic rings. The van der Waals surface area contributed by atoms with Gasteiger partial charge in [0.15, 0.2) is 0 Å². The van der Waals surface area contributed by atoms with Gasteiger partial charge in [0.25, 0.3) is 0 Å². The predicted molar refractivity (Wildman–Crippen MR) is 66.9 cm³/mol. The first kappa shape index (κ1) is 9.64. The molecule has 1 heterocycles. The Hall–Kier alpha value is -0.910. The molecule has 2 rings (SSSR count). The van der Waals surface area contributed by atoms with Crippen LogP contribution in [0.2, 0.25) is 0 Å². The second kappa shape index (κ2) is 4.54. The summed E-state index contributed by atoms with van der Waals surface area (Å²) in [7, 11) is 0. The largest absolute Gasteiger partial charge is 0.368 e. The van der Waals surface area contributed by atoms with E-state index < -0.39 is 0 Å². The number of hydrogen-bond acceptors (Lipinski definition) is 3. The van der Waals surface area contributed by atoms with Crippen LogP contribution >= 0.6 is 22.6 Å². The van der Waals surface area contributed by atoms with Gasteiger partial charge in [-0.05, 0) is 12.1 Å². The zero-order valence-corrected chi connectivity index (χ0v) is 9.73. The van der Waals surface area contributed by atoms with Gasteiger partial charge in [0.1, 0.15) is 5.82 Å².